The molecule has 0 bridgehead atoms. The molecule has 18 aromatic rings. The van der Waals surface area contributed by atoms with Crippen molar-refractivity contribution in [2.75, 3.05) is 0 Å². The van der Waals surface area contributed by atoms with Gasteiger partial charge in [0.1, 0.15) is 0 Å². The van der Waals surface area contributed by atoms with Crippen molar-refractivity contribution in [1.29, 1.82) is 0 Å². The van der Waals surface area contributed by atoms with Crippen LogP contribution in [0.25, 0.3) is 165 Å². The lowest BCUT2D eigenvalue weighted by molar-refractivity contribution is 0.00578. The number of hydrogen-bond acceptors (Lipinski definition) is 13. The molecule has 19 rings (SSSR count). The Morgan fingerprint density at radius 2 is 0.431 bits per heavy atom. The number of fused-ring (bicyclic) bond motifs is 6. The van der Waals surface area contributed by atoms with E-state index in [-0.39, 0.29) is 11.2 Å². The first-order valence-electron chi connectivity index (χ1n) is 35.8. The molecule has 13 aromatic carbocycles. The van der Waals surface area contributed by atoms with Crippen LogP contribution in [0.2, 0.25) is 0 Å². The minimum atomic E-state index is -0.401. The van der Waals surface area contributed by atoms with Crippen molar-refractivity contribution >= 4 is 107 Å². The van der Waals surface area contributed by atoms with Gasteiger partial charge in [-0.25, -0.2) is 44.9 Å². The molecular formula is C93H66BBr2N9O2S2. The quantitative estimate of drug-likeness (QED) is 0.108. The van der Waals surface area contributed by atoms with Crippen LogP contribution in [0, 0.1) is 0 Å². The number of nitrogens with zero attached hydrogens (tertiary/aromatic N) is 9. The average Bonchev–Trinajstić information content (AvgIpc) is 1.64. The summed E-state index contributed by atoms with van der Waals surface area (Å²) in [6, 6.07) is 112. The minimum absolute atomic E-state index is 0.375. The fourth-order valence-corrected chi connectivity index (χ4v) is 15.9. The van der Waals surface area contributed by atoms with E-state index in [1.165, 1.54) is 40.3 Å². The van der Waals surface area contributed by atoms with Gasteiger partial charge in [0.05, 0.1) is 11.2 Å². The summed E-state index contributed by atoms with van der Waals surface area (Å²) in [4.78, 5) is 43.7. The van der Waals surface area contributed by atoms with Crippen LogP contribution in [0.15, 0.2) is 337 Å². The summed E-state index contributed by atoms with van der Waals surface area (Å²) < 4.78 is 19.8. The van der Waals surface area contributed by atoms with E-state index in [1.54, 1.807) is 0 Å². The zero-order valence-corrected chi connectivity index (χ0v) is 64.5. The Bertz CT molecular complexity index is 5840. The second kappa shape index (κ2) is 30.5. The highest BCUT2D eigenvalue weighted by Gasteiger charge is 2.51. The van der Waals surface area contributed by atoms with Crippen molar-refractivity contribution in [1.82, 2.24) is 44.9 Å². The maximum atomic E-state index is 6.19. The molecule has 0 unspecified atom stereocenters. The van der Waals surface area contributed by atoms with Gasteiger partial charge < -0.3 is 9.31 Å². The van der Waals surface area contributed by atoms with E-state index in [9.17, 15) is 0 Å². The highest BCUT2D eigenvalue weighted by molar-refractivity contribution is 9.10. The van der Waals surface area contributed by atoms with E-state index in [0.717, 1.165) is 86.7 Å². The molecule has 0 spiro atoms. The van der Waals surface area contributed by atoms with Crippen molar-refractivity contribution in [2.45, 2.75) is 38.9 Å². The molecule has 11 nitrogen and oxygen atoms in total. The van der Waals surface area contributed by atoms with Gasteiger partial charge in [-0.15, -0.1) is 22.7 Å². The number of rotatable bonds is 12. The van der Waals surface area contributed by atoms with E-state index in [1.807, 2.05) is 229 Å². The Hall–Kier alpha value is -11.7. The van der Waals surface area contributed by atoms with Crippen LogP contribution in [0.4, 0.5) is 0 Å². The van der Waals surface area contributed by atoms with Crippen LogP contribution >= 0.6 is 54.5 Å². The van der Waals surface area contributed by atoms with E-state index < -0.39 is 7.12 Å². The van der Waals surface area contributed by atoms with E-state index in [4.69, 9.17) is 54.2 Å². The Morgan fingerprint density at radius 1 is 0.229 bits per heavy atom. The van der Waals surface area contributed by atoms with Crippen molar-refractivity contribution in [3.63, 3.8) is 0 Å². The fourth-order valence-electron chi connectivity index (χ4n) is 13.1. The predicted molar refractivity (Wildman–Crippen MR) is 456 cm³/mol. The van der Waals surface area contributed by atoms with Gasteiger partial charge in [-0.2, -0.15) is 0 Å². The van der Waals surface area contributed by atoms with Crippen LogP contribution in [0.3, 0.4) is 0 Å². The maximum Gasteiger partial charge on any atom is 0.494 e. The average molecular weight is 1580 g/mol. The van der Waals surface area contributed by atoms with Crippen molar-refractivity contribution < 1.29 is 9.31 Å². The molecule has 0 radical (unpaired) electrons. The molecule has 5 aromatic heterocycles. The van der Waals surface area contributed by atoms with Gasteiger partial charge in [0.15, 0.2) is 52.4 Å². The van der Waals surface area contributed by atoms with Crippen molar-refractivity contribution in [3.05, 3.63) is 337 Å². The highest BCUT2D eigenvalue weighted by Crippen LogP contribution is 2.42. The van der Waals surface area contributed by atoms with Crippen LogP contribution < -0.4 is 5.46 Å². The van der Waals surface area contributed by atoms with Gasteiger partial charge in [0.25, 0.3) is 0 Å². The van der Waals surface area contributed by atoms with Gasteiger partial charge in [-0.05, 0) is 116 Å². The predicted octanol–water partition coefficient (Wildman–Crippen LogP) is 24.5. The molecule has 1 saturated heterocycles. The molecule has 1 aliphatic rings. The zero-order valence-electron chi connectivity index (χ0n) is 59.7. The van der Waals surface area contributed by atoms with E-state index >= 15 is 0 Å². The molecule has 16 heteroatoms. The first-order chi connectivity index (χ1) is 53.2. The Kier molecular flexibility index (Phi) is 19.7. The smallest absolute Gasteiger partial charge is 0.399 e. The lowest BCUT2D eigenvalue weighted by atomic mass is 9.79. The summed E-state index contributed by atoms with van der Waals surface area (Å²) >= 11 is 10.7. The van der Waals surface area contributed by atoms with E-state index in [0.29, 0.717) is 52.4 Å². The molecular weight excluding hydrogens is 1510 g/mol. The summed E-state index contributed by atoms with van der Waals surface area (Å²) in [6.45, 7) is 8.23. The number of benzene rings is 13. The Morgan fingerprint density at radius 3 is 0.688 bits per heavy atom. The molecule has 524 valence electrons. The summed E-state index contributed by atoms with van der Waals surface area (Å²) in [5.74, 6) is 5.80. The molecule has 0 amide bonds. The Balaban J connectivity index is 0.000000149. The van der Waals surface area contributed by atoms with Crippen LogP contribution in [0.5, 0.6) is 0 Å². The number of aromatic nitrogens is 9. The van der Waals surface area contributed by atoms with Gasteiger partial charge in [-0.1, -0.05) is 299 Å². The van der Waals surface area contributed by atoms with Gasteiger partial charge in [0, 0.05) is 99.4 Å². The summed E-state index contributed by atoms with van der Waals surface area (Å²) in [5, 5.41) is 5.13. The second-order valence-corrected chi connectivity index (χ2v) is 31.4. The first-order valence-corrected chi connectivity index (χ1v) is 39.0. The molecule has 6 heterocycles. The van der Waals surface area contributed by atoms with Crippen LogP contribution in [-0.4, -0.2) is 63.2 Å². The molecule has 0 aliphatic carbocycles. The molecule has 0 saturated carbocycles. The first kappa shape index (κ1) is 70.3. The Labute approximate surface area is 656 Å². The summed E-state index contributed by atoms with van der Waals surface area (Å²) in [7, 11) is -0.401. The van der Waals surface area contributed by atoms with Crippen LogP contribution in [-0.2, 0) is 9.31 Å². The van der Waals surface area contributed by atoms with Gasteiger partial charge in [-0.3, -0.25) is 0 Å². The summed E-state index contributed by atoms with van der Waals surface area (Å²) in [5.41, 5.74) is 13.3. The van der Waals surface area contributed by atoms with Gasteiger partial charge in [0.2, 0.25) is 0 Å². The molecule has 1 aliphatic heterocycles. The third kappa shape index (κ3) is 15.2. The lowest BCUT2D eigenvalue weighted by Gasteiger charge is -2.32. The van der Waals surface area contributed by atoms with Crippen LogP contribution in [0.1, 0.15) is 27.7 Å². The van der Waals surface area contributed by atoms with Gasteiger partial charge >= 0.3 is 7.12 Å². The third-order valence-electron chi connectivity index (χ3n) is 19.6. The lowest BCUT2D eigenvalue weighted by Crippen LogP contribution is -2.41. The largest absolute Gasteiger partial charge is 0.494 e. The third-order valence-corrected chi connectivity index (χ3v) is 22.9. The van der Waals surface area contributed by atoms with Crippen molar-refractivity contribution in [2.24, 2.45) is 0 Å². The topological polar surface area (TPSA) is 134 Å². The number of hydrogen-bond donors (Lipinski definition) is 0. The second-order valence-electron chi connectivity index (χ2n) is 27.4. The molecule has 1 fully saturated rings. The number of thiophene rings is 2. The molecule has 109 heavy (non-hydrogen) atoms. The normalized spacial score (nSPS) is 12.9. The van der Waals surface area contributed by atoms with Crippen molar-refractivity contribution in [3.8, 4) is 125 Å². The molecule has 0 N–H and O–H groups in total. The summed E-state index contributed by atoms with van der Waals surface area (Å²) in [6.07, 6.45) is 0. The zero-order chi connectivity index (χ0) is 74.0. The maximum absolute atomic E-state index is 6.19. The highest BCUT2D eigenvalue weighted by atomic mass is 79.9. The standard InChI is InChI=1S/C54H34N6S.C27H26BN3O2.C12H6Br2S/c1-5-13-37(14-6-1)49-55-50(38-15-7-2-8-16-38)58-53(57-49)41-25-21-35(22-26-41)43-29-31-47-45(33-43)46-34-44(30-32-48(46)61-47)36-23-27-42(28-24-36)54-59-51(39-17-9-3-10-18-39)56-52(60-54)40-19-11-4-12-20-40;1-26(2)27(3,4)33-28(32-26)22-17-15-21(16-18-22)25-30-23(19-11-7-5-8-12-19)29-24(31-25)20-13-9-6-10-14-20;13-7-1-3-11-9(5-7)10-6-8(14)2-4-12(10)15-11/h1-34H;5-18H,1-4H3;1-6H. The SMILES string of the molecule is Brc1ccc2sc3ccc(Br)cc3c2c1.CC1(C)OB(c2ccc(-c3nc(-c4ccccc4)nc(-c4ccccc4)n3)cc2)OC1(C)C.c1ccc(-c2nc(-c3ccccc3)nc(-c3ccc(-c4ccc5sc6ccc(-c7ccc(-c8nc(-c9ccccc9)nc(-c9ccccc9)n8)cc7)cc6c5c4)cc3)n2)cc1. The monoisotopic (exact) mass is 1570 g/mol. The fraction of sp³-hybridized carbons (Fsp3) is 0.0645. The minimum Gasteiger partial charge on any atom is -0.399 e. The van der Waals surface area contributed by atoms with E-state index in [2.05, 4.69) is 181 Å². The molecule has 0 atom stereocenters. The number of halogens is 2.